The van der Waals surface area contributed by atoms with E-state index in [-0.39, 0.29) is 25.5 Å². The summed E-state index contributed by atoms with van der Waals surface area (Å²) in [5.74, 6) is -1.65. The summed E-state index contributed by atoms with van der Waals surface area (Å²) in [6.45, 7) is 5.14. The summed E-state index contributed by atoms with van der Waals surface area (Å²) in [5.41, 5.74) is 6.27. The fraction of sp³-hybridized carbons (Fsp3) is 0.476. The number of ether oxygens (including phenoxy) is 1. The highest BCUT2D eigenvalue weighted by atomic mass is 32.1. The molecule has 2 unspecified atom stereocenters. The summed E-state index contributed by atoms with van der Waals surface area (Å²) in [6, 6.07) is 4.16. The first kappa shape index (κ1) is 27.8. The molecule has 5 amide bonds. The number of hydrogen-bond acceptors (Lipinski definition) is 6. The van der Waals surface area contributed by atoms with Crippen LogP contribution in [0.1, 0.15) is 39.2 Å². The van der Waals surface area contributed by atoms with Gasteiger partial charge in [-0.05, 0) is 36.5 Å². The molecule has 1 rings (SSSR count). The van der Waals surface area contributed by atoms with Crippen molar-refractivity contribution in [1.29, 1.82) is 0 Å². The Morgan fingerprint density at radius 2 is 1.67 bits per heavy atom. The summed E-state index contributed by atoms with van der Waals surface area (Å²) >= 11 is 3.66. The summed E-state index contributed by atoms with van der Waals surface area (Å²) in [7, 11) is 0. The largest absolute Gasteiger partial charge is 0.461 e. The molecule has 0 radical (unpaired) electrons. The Labute approximate surface area is 198 Å². The van der Waals surface area contributed by atoms with E-state index in [4.69, 9.17) is 10.5 Å². The molecule has 0 fully saturated rings. The van der Waals surface area contributed by atoms with E-state index in [9.17, 15) is 24.0 Å². The standard InChI is InChI=1S/C21H31N5O6S/c1-12(2)17(26-21(31)33)19(29)25-16(5-4-10-23-20(22)30)18(28)24-15-8-6-14(7-9-15)11-32-13(3)27/h6-9,12,16-17H,4-5,10-11H2,1-3H3,(H,24,28)(H,25,29)(H3,22,23,30)(H2,26,31,33). The van der Waals surface area contributed by atoms with Crippen LogP contribution in [0.15, 0.2) is 24.3 Å². The number of anilines is 1. The summed E-state index contributed by atoms with van der Waals surface area (Å²) in [4.78, 5) is 58.7. The molecule has 11 nitrogen and oxygen atoms in total. The Morgan fingerprint density at radius 1 is 1.03 bits per heavy atom. The highest BCUT2D eigenvalue weighted by Crippen LogP contribution is 2.12. The van der Waals surface area contributed by atoms with Crippen LogP contribution in [0.2, 0.25) is 0 Å². The topological polar surface area (TPSA) is 169 Å². The minimum absolute atomic E-state index is 0.114. The number of benzene rings is 1. The average molecular weight is 482 g/mol. The minimum atomic E-state index is -0.939. The molecule has 6 N–H and O–H groups in total. The number of thiol groups is 1. The third-order valence-corrected chi connectivity index (χ3v) is 4.62. The molecule has 0 bridgehead atoms. The number of hydrogen-bond donors (Lipinski definition) is 6. The van der Waals surface area contributed by atoms with Crippen LogP contribution in [-0.4, -0.2) is 47.7 Å². The number of rotatable bonds is 12. The summed E-state index contributed by atoms with van der Waals surface area (Å²) in [6.07, 6.45) is 0.579. The number of urea groups is 1. The van der Waals surface area contributed by atoms with E-state index in [1.165, 1.54) is 6.92 Å². The molecule has 1 aromatic rings. The maximum Gasteiger partial charge on any atom is 0.312 e. The van der Waals surface area contributed by atoms with Gasteiger partial charge in [0.2, 0.25) is 11.8 Å². The SMILES string of the molecule is CC(=O)OCc1ccc(NC(=O)C(CCCNC(N)=O)NC(=O)C(NC(=O)S)C(C)C)cc1. The van der Waals surface area contributed by atoms with E-state index in [2.05, 4.69) is 33.9 Å². The van der Waals surface area contributed by atoms with E-state index in [1.54, 1.807) is 38.1 Å². The monoisotopic (exact) mass is 481 g/mol. The second kappa shape index (κ2) is 14.0. The predicted molar refractivity (Wildman–Crippen MR) is 125 cm³/mol. The smallest absolute Gasteiger partial charge is 0.312 e. The van der Waals surface area contributed by atoms with Crippen LogP contribution in [0.5, 0.6) is 0 Å². The lowest BCUT2D eigenvalue weighted by Gasteiger charge is -2.24. The highest BCUT2D eigenvalue weighted by Gasteiger charge is 2.28. The van der Waals surface area contributed by atoms with E-state index >= 15 is 0 Å². The first-order valence-corrected chi connectivity index (χ1v) is 10.8. The van der Waals surface area contributed by atoms with Crippen molar-refractivity contribution in [2.24, 2.45) is 11.7 Å². The van der Waals surface area contributed by atoms with Gasteiger partial charge in [0.1, 0.15) is 18.7 Å². The van der Waals surface area contributed by atoms with Crippen molar-refractivity contribution in [3.05, 3.63) is 29.8 Å². The van der Waals surface area contributed by atoms with Gasteiger partial charge in [-0.1, -0.05) is 38.6 Å². The van der Waals surface area contributed by atoms with Gasteiger partial charge in [0.05, 0.1) is 0 Å². The average Bonchev–Trinajstić information content (AvgIpc) is 2.72. The Bertz CT molecular complexity index is 846. The molecule has 182 valence electrons. The van der Waals surface area contributed by atoms with E-state index < -0.39 is 41.1 Å². The first-order valence-electron chi connectivity index (χ1n) is 10.4. The molecule has 0 heterocycles. The zero-order valence-corrected chi connectivity index (χ0v) is 19.7. The molecule has 0 aliphatic rings. The fourth-order valence-electron chi connectivity index (χ4n) is 2.81. The Hall–Kier alpha value is -3.28. The molecule has 0 aliphatic carbocycles. The molecule has 0 spiro atoms. The van der Waals surface area contributed by atoms with Crippen LogP contribution >= 0.6 is 12.6 Å². The quantitative estimate of drug-likeness (QED) is 0.149. The molecule has 0 saturated carbocycles. The maximum atomic E-state index is 12.9. The van der Waals surface area contributed by atoms with Crippen molar-refractivity contribution >= 4 is 47.4 Å². The van der Waals surface area contributed by atoms with Crippen molar-refractivity contribution < 1.29 is 28.7 Å². The zero-order valence-electron chi connectivity index (χ0n) is 18.8. The molecule has 1 aromatic carbocycles. The Morgan fingerprint density at radius 3 is 2.18 bits per heavy atom. The van der Waals surface area contributed by atoms with Gasteiger partial charge in [-0.3, -0.25) is 19.2 Å². The third kappa shape index (κ3) is 11.2. The molecule has 33 heavy (non-hydrogen) atoms. The molecule has 0 aliphatic heterocycles. The zero-order chi connectivity index (χ0) is 25.0. The molecule has 12 heteroatoms. The fourth-order valence-corrected chi connectivity index (χ4v) is 2.95. The van der Waals surface area contributed by atoms with Crippen LogP contribution in [0.4, 0.5) is 15.3 Å². The van der Waals surface area contributed by atoms with Gasteiger partial charge in [-0.2, -0.15) is 0 Å². The van der Waals surface area contributed by atoms with E-state index in [0.717, 1.165) is 5.56 Å². The van der Waals surface area contributed by atoms with Crippen molar-refractivity contribution in [2.45, 2.75) is 52.3 Å². The Kier molecular flexibility index (Phi) is 11.8. The normalized spacial score (nSPS) is 12.3. The van der Waals surface area contributed by atoms with Crippen LogP contribution in [0, 0.1) is 5.92 Å². The van der Waals surface area contributed by atoms with E-state index in [0.29, 0.717) is 12.1 Å². The van der Waals surface area contributed by atoms with Crippen LogP contribution in [0.3, 0.4) is 0 Å². The summed E-state index contributed by atoms with van der Waals surface area (Å²) < 4.78 is 4.92. The molecule has 0 aromatic heterocycles. The lowest BCUT2D eigenvalue weighted by molar-refractivity contribution is -0.142. The minimum Gasteiger partial charge on any atom is -0.461 e. The van der Waals surface area contributed by atoms with Gasteiger partial charge in [0, 0.05) is 19.2 Å². The second-order valence-corrected chi connectivity index (χ2v) is 8.04. The summed E-state index contributed by atoms with van der Waals surface area (Å²) in [5, 5.41) is 9.60. The molecule has 0 saturated heterocycles. The van der Waals surface area contributed by atoms with Gasteiger partial charge >= 0.3 is 12.0 Å². The van der Waals surface area contributed by atoms with Crippen molar-refractivity contribution in [1.82, 2.24) is 16.0 Å². The lowest BCUT2D eigenvalue weighted by atomic mass is 10.0. The van der Waals surface area contributed by atoms with Gasteiger partial charge in [0.15, 0.2) is 0 Å². The van der Waals surface area contributed by atoms with Gasteiger partial charge in [0.25, 0.3) is 5.24 Å². The van der Waals surface area contributed by atoms with Gasteiger partial charge < -0.3 is 31.7 Å². The number of carbonyl (C=O) groups is 5. The number of esters is 1. The molecular formula is C21H31N5O6S. The van der Waals surface area contributed by atoms with Gasteiger partial charge in [-0.15, -0.1) is 0 Å². The number of amides is 5. The number of nitrogens with two attached hydrogens (primary N) is 1. The number of carbonyl (C=O) groups excluding carboxylic acids is 5. The maximum absolute atomic E-state index is 12.9. The first-order chi connectivity index (χ1) is 15.5. The van der Waals surface area contributed by atoms with Gasteiger partial charge in [-0.25, -0.2) is 4.79 Å². The lowest BCUT2D eigenvalue weighted by Crippen LogP contribution is -2.53. The van der Waals surface area contributed by atoms with Crippen molar-refractivity contribution in [2.75, 3.05) is 11.9 Å². The molecule has 2 atom stereocenters. The van der Waals surface area contributed by atoms with Crippen molar-refractivity contribution in [3.63, 3.8) is 0 Å². The second-order valence-electron chi connectivity index (χ2n) is 7.63. The van der Waals surface area contributed by atoms with Crippen molar-refractivity contribution in [3.8, 4) is 0 Å². The number of primary amides is 1. The van der Waals surface area contributed by atoms with E-state index in [1.807, 2.05) is 0 Å². The van der Waals surface area contributed by atoms with Crippen LogP contribution in [0.25, 0.3) is 0 Å². The van der Waals surface area contributed by atoms with Crippen LogP contribution in [-0.2, 0) is 25.7 Å². The predicted octanol–water partition coefficient (Wildman–Crippen LogP) is 1.29. The molecular weight excluding hydrogens is 450 g/mol. The highest BCUT2D eigenvalue weighted by molar-refractivity contribution is 7.96. The number of nitrogens with one attached hydrogen (secondary N) is 4. The third-order valence-electron chi connectivity index (χ3n) is 4.49. The van der Waals surface area contributed by atoms with Crippen LogP contribution < -0.4 is 27.0 Å². The Balaban J connectivity index is 2.87.